The second-order valence-corrected chi connectivity index (χ2v) is 4.80. The highest BCUT2D eigenvalue weighted by Gasteiger charge is 2.12. The first-order chi connectivity index (χ1) is 10.1. The molecule has 4 nitrogen and oxygen atoms in total. The van der Waals surface area contributed by atoms with E-state index in [2.05, 4.69) is 0 Å². The van der Waals surface area contributed by atoms with Crippen molar-refractivity contribution in [3.05, 3.63) is 59.1 Å². The van der Waals surface area contributed by atoms with Crippen LogP contribution in [0.5, 0.6) is 5.75 Å². The van der Waals surface area contributed by atoms with Crippen LogP contribution in [0.2, 0.25) is 5.02 Å². The number of nitrogens with zero attached hydrogens (tertiary/aromatic N) is 2. The van der Waals surface area contributed by atoms with Crippen LogP contribution < -0.4 is 9.64 Å². The molecule has 5 heteroatoms. The first kappa shape index (κ1) is 14.9. The molecule has 0 atom stereocenters. The quantitative estimate of drug-likeness (QED) is 0.871. The molecule has 2 aromatic rings. The van der Waals surface area contributed by atoms with Gasteiger partial charge in [-0.2, -0.15) is 5.26 Å². The molecule has 0 aromatic heterocycles. The van der Waals surface area contributed by atoms with Crippen LogP contribution in [0.15, 0.2) is 48.5 Å². The van der Waals surface area contributed by atoms with E-state index in [4.69, 9.17) is 21.6 Å². The van der Waals surface area contributed by atoms with Gasteiger partial charge in [0.15, 0.2) is 6.61 Å². The third-order valence-corrected chi connectivity index (χ3v) is 3.13. The number of ether oxygens (including phenoxy) is 1. The van der Waals surface area contributed by atoms with Gasteiger partial charge < -0.3 is 9.64 Å². The summed E-state index contributed by atoms with van der Waals surface area (Å²) in [7, 11) is 1.64. The van der Waals surface area contributed by atoms with Gasteiger partial charge in [0.05, 0.1) is 11.6 Å². The zero-order valence-electron chi connectivity index (χ0n) is 11.4. The van der Waals surface area contributed by atoms with Gasteiger partial charge in [-0.3, -0.25) is 4.79 Å². The number of halogens is 1. The molecule has 0 fully saturated rings. The molecule has 0 N–H and O–H groups in total. The maximum atomic E-state index is 12.1. The van der Waals surface area contributed by atoms with Crippen LogP contribution in [-0.2, 0) is 4.79 Å². The van der Waals surface area contributed by atoms with Crippen LogP contribution in [0.4, 0.5) is 5.69 Å². The van der Waals surface area contributed by atoms with E-state index in [1.54, 1.807) is 55.6 Å². The van der Waals surface area contributed by atoms with E-state index in [1.165, 1.54) is 4.90 Å². The number of nitriles is 1. The van der Waals surface area contributed by atoms with Crippen LogP contribution in [0.3, 0.4) is 0 Å². The molecule has 0 saturated carbocycles. The van der Waals surface area contributed by atoms with Crippen LogP contribution in [0, 0.1) is 11.3 Å². The van der Waals surface area contributed by atoms with Crippen LogP contribution in [0.1, 0.15) is 5.56 Å². The minimum atomic E-state index is -0.218. The Hall–Kier alpha value is -2.51. The molecule has 106 valence electrons. The standard InChI is InChI=1S/C16H13ClN2O2/c1-19(14-6-2-4-12(8-14)10-18)16(20)11-21-15-7-3-5-13(17)9-15/h2-9H,11H2,1H3. The van der Waals surface area contributed by atoms with Gasteiger partial charge >= 0.3 is 0 Å². The van der Waals surface area contributed by atoms with Crippen molar-refractivity contribution in [2.45, 2.75) is 0 Å². The van der Waals surface area contributed by atoms with E-state index >= 15 is 0 Å². The molecule has 0 radical (unpaired) electrons. The predicted molar refractivity (Wildman–Crippen MR) is 81.5 cm³/mol. The SMILES string of the molecule is CN(C(=O)COc1cccc(Cl)c1)c1cccc(C#N)c1. The summed E-state index contributed by atoms with van der Waals surface area (Å²) < 4.78 is 5.41. The van der Waals surface area contributed by atoms with E-state index in [0.29, 0.717) is 22.0 Å². The van der Waals surface area contributed by atoms with Gasteiger partial charge in [-0.25, -0.2) is 0 Å². The predicted octanol–water partition coefficient (Wildman–Crippen LogP) is 3.25. The first-order valence-electron chi connectivity index (χ1n) is 6.25. The third kappa shape index (κ3) is 3.98. The Kier molecular flexibility index (Phi) is 4.81. The number of hydrogen-bond acceptors (Lipinski definition) is 3. The summed E-state index contributed by atoms with van der Waals surface area (Å²) in [5.41, 5.74) is 1.15. The normalized spacial score (nSPS) is 9.76. The summed E-state index contributed by atoms with van der Waals surface area (Å²) in [5.74, 6) is 0.320. The summed E-state index contributed by atoms with van der Waals surface area (Å²) in [6.45, 7) is -0.104. The Morgan fingerprint density at radius 3 is 2.76 bits per heavy atom. The van der Waals surface area contributed by atoms with Crippen LogP contribution in [0.25, 0.3) is 0 Å². The first-order valence-corrected chi connectivity index (χ1v) is 6.63. The molecule has 0 spiro atoms. The lowest BCUT2D eigenvalue weighted by Gasteiger charge is -2.17. The second kappa shape index (κ2) is 6.78. The summed E-state index contributed by atoms with van der Waals surface area (Å²) in [5, 5.41) is 9.42. The molecule has 0 saturated heterocycles. The number of carbonyl (C=O) groups is 1. The molecule has 0 aliphatic carbocycles. The molecule has 0 unspecified atom stereocenters. The number of likely N-dealkylation sites (N-methyl/N-ethyl adjacent to an activating group) is 1. The van der Waals surface area contributed by atoms with Crippen molar-refractivity contribution in [3.8, 4) is 11.8 Å². The van der Waals surface area contributed by atoms with Gasteiger partial charge in [-0.05, 0) is 36.4 Å². The summed E-state index contributed by atoms with van der Waals surface area (Å²) in [6.07, 6.45) is 0. The molecule has 0 aliphatic heterocycles. The highest BCUT2D eigenvalue weighted by atomic mass is 35.5. The number of benzene rings is 2. The van der Waals surface area contributed by atoms with Crippen molar-refractivity contribution in [3.63, 3.8) is 0 Å². The average molecular weight is 301 g/mol. The highest BCUT2D eigenvalue weighted by Crippen LogP contribution is 2.18. The molecule has 1 amide bonds. The Labute approximate surface area is 128 Å². The number of hydrogen-bond donors (Lipinski definition) is 0. The average Bonchev–Trinajstić information content (AvgIpc) is 2.52. The lowest BCUT2D eigenvalue weighted by Crippen LogP contribution is -2.31. The monoisotopic (exact) mass is 300 g/mol. The molecular formula is C16H13ClN2O2. The zero-order chi connectivity index (χ0) is 15.2. The zero-order valence-corrected chi connectivity index (χ0v) is 12.2. The maximum Gasteiger partial charge on any atom is 0.264 e. The van der Waals surface area contributed by atoms with Gasteiger partial charge in [-0.15, -0.1) is 0 Å². The fraction of sp³-hybridized carbons (Fsp3) is 0.125. The Bertz CT molecular complexity index is 695. The van der Waals surface area contributed by atoms with Crippen LogP contribution in [-0.4, -0.2) is 19.6 Å². The fourth-order valence-electron chi connectivity index (χ4n) is 1.73. The van der Waals surface area contributed by atoms with E-state index < -0.39 is 0 Å². The van der Waals surface area contributed by atoms with Crippen molar-refractivity contribution >= 4 is 23.2 Å². The van der Waals surface area contributed by atoms with Crippen molar-refractivity contribution < 1.29 is 9.53 Å². The van der Waals surface area contributed by atoms with E-state index in [1.807, 2.05) is 6.07 Å². The lowest BCUT2D eigenvalue weighted by molar-refractivity contribution is -0.120. The summed E-state index contributed by atoms with van der Waals surface area (Å²) >= 11 is 5.85. The lowest BCUT2D eigenvalue weighted by atomic mass is 10.2. The molecule has 2 aromatic carbocycles. The molecule has 0 aliphatic rings. The van der Waals surface area contributed by atoms with Crippen molar-refractivity contribution in [2.24, 2.45) is 0 Å². The third-order valence-electron chi connectivity index (χ3n) is 2.90. The number of anilines is 1. The minimum absolute atomic E-state index is 0.104. The Morgan fingerprint density at radius 2 is 2.05 bits per heavy atom. The van der Waals surface area contributed by atoms with E-state index in [0.717, 1.165) is 0 Å². The Morgan fingerprint density at radius 1 is 1.29 bits per heavy atom. The van der Waals surface area contributed by atoms with Crippen molar-refractivity contribution in [1.29, 1.82) is 5.26 Å². The highest BCUT2D eigenvalue weighted by molar-refractivity contribution is 6.30. The smallest absolute Gasteiger partial charge is 0.264 e. The number of amides is 1. The molecule has 0 bridgehead atoms. The van der Waals surface area contributed by atoms with Gasteiger partial charge in [0, 0.05) is 17.8 Å². The Balaban J connectivity index is 2.01. The summed E-state index contributed by atoms with van der Waals surface area (Å²) in [4.78, 5) is 13.5. The molecule has 0 heterocycles. The fourth-order valence-corrected chi connectivity index (χ4v) is 1.91. The van der Waals surface area contributed by atoms with Gasteiger partial charge in [0.1, 0.15) is 5.75 Å². The van der Waals surface area contributed by atoms with Crippen molar-refractivity contribution in [1.82, 2.24) is 0 Å². The molecular weight excluding hydrogens is 288 g/mol. The largest absolute Gasteiger partial charge is 0.484 e. The second-order valence-electron chi connectivity index (χ2n) is 4.36. The van der Waals surface area contributed by atoms with Gasteiger partial charge in [0.2, 0.25) is 0 Å². The van der Waals surface area contributed by atoms with Gasteiger partial charge in [0.25, 0.3) is 5.91 Å². The maximum absolute atomic E-state index is 12.1. The van der Waals surface area contributed by atoms with Crippen molar-refractivity contribution in [2.75, 3.05) is 18.6 Å². The van der Waals surface area contributed by atoms with E-state index in [9.17, 15) is 4.79 Å². The molecule has 21 heavy (non-hydrogen) atoms. The number of rotatable bonds is 4. The number of carbonyl (C=O) groups excluding carboxylic acids is 1. The molecule has 2 rings (SSSR count). The van der Waals surface area contributed by atoms with Crippen LogP contribution >= 0.6 is 11.6 Å². The topological polar surface area (TPSA) is 53.3 Å². The van der Waals surface area contributed by atoms with E-state index in [-0.39, 0.29) is 12.5 Å². The van der Waals surface area contributed by atoms with Gasteiger partial charge in [-0.1, -0.05) is 23.7 Å². The minimum Gasteiger partial charge on any atom is -0.484 e. The summed E-state index contributed by atoms with van der Waals surface area (Å²) in [6, 6.07) is 15.7.